The lowest BCUT2D eigenvalue weighted by Crippen LogP contribution is -3.00. The fourth-order valence-corrected chi connectivity index (χ4v) is 9.03. The Bertz CT molecular complexity index is 3950. The van der Waals surface area contributed by atoms with Crippen molar-refractivity contribution in [2.24, 2.45) is 0 Å². The third kappa shape index (κ3) is 9.58. The Kier molecular flexibility index (Phi) is 16.2. The summed E-state index contributed by atoms with van der Waals surface area (Å²) in [6.07, 6.45) is 0. The highest BCUT2D eigenvalue weighted by atomic mass is 35.5. The number of fused-ring (bicyclic) bond motifs is 12. The predicted octanol–water partition coefficient (Wildman–Crippen LogP) is 10.9. The Labute approximate surface area is 453 Å². The van der Waals surface area contributed by atoms with Crippen LogP contribution in [-0.4, -0.2) is 36.7 Å². The molecule has 0 atom stereocenters. The lowest BCUT2D eigenvalue weighted by molar-refractivity contribution is -0.0000233. The van der Waals surface area contributed by atoms with Crippen LogP contribution in [0.1, 0.15) is 67.3 Å². The molecule has 0 amide bonds. The van der Waals surface area contributed by atoms with Crippen molar-refractivity contribution in [3.63, 3.8) is 0 Å². The molecule has 0 radical (unpaired) electrons. The number of pyridine rings is 1. The van der Waals surface area contributed by atoms with Gasteiger partial charge in [-0.3, -0.25) is 0 Å². The van der Waals surface area contributed by atoms with Crippen molar-refractivity contribution < 1.29 is 83.0 Å². The van der Waals surface area contributed by atoms with E-state index in [9.17, 15) is 13.2 Å². The standard InChI is InChI=1S/C53H29F15N5O.C2H4Cl2.ClH/c1-17-18(2)50-29(32-36(56)42(62)47(67)43(63)37(32)57)24-12-10-22(69-24)28(31-34(54)40(60)46(66)41(61)35(31)55)23-11-13-25(70-23)30(33-38(58)44(64)48(68)45(65)39(33)59)51-19(3)20(4)52(73-51)53-27(15-14-26(71-53)49(17)72-50)74-16-21-8-6-5-7-9-21;3-1-2-4;/h5-15,69-70,72-73H,16H2,1-4H3;1-2H2;1H/q+1;;/p-1/b28-23+,30-25-;;. The summed E-state index contributed by atoms with van der Waals surface area (Å²) in [4.78, 5) is 15.9. The molecular weight excluding hydrogens is 1140 g/mol. The first-order valence-corrected chi connectivity index (χ1v) is 23.9. The Hall–Kier alpha value is -7.62. The summed E-state index contributed by atoms with van der Waals surface area (Å²) in [7, 11) is 0. The first-order chi connectivity index (χ1) is 37.0. The van der Waals surface area contributed by atoms with Crippen LogP contribution in [0.5, 0.6) is 5.75 Å². The molecule has 4 N–H and O–H groups in total. The first-order valence-electron chi connectivity index (χ1n) is 22.8. The first kappa shape index (κ1) is 57.6. The van der Waals surface area contributed by atoms with Crippen molar-refractivity contribution in [3.8, 4) is 28.5 Å². The maximum Gasteiger partial charge on any atom is 0.239 e. The lowest BCUT2D eigenvalue weighted by Gasteiger charge is -2.15. The van der Waals surface area contributed by atoms with Crippen LogP contribution >= 0.6 is 23.2 Å². The van der Waals surface area contributed by atoms with E-state index < -0.39 is 143 Å². The number of ether oxygens (including phenoxy) is 1. The largest absolute Gasteiger partial charge is 1.00 e. The molecular formula is C55H33Cl3F15N5O. The molecule has 410 valence electrons. The van der Waals surface area contributed by atoms with E-state index in [1.54, 1.807) is 30.3 Å². The zero-order valence-corrected chi connectivity index (χ0v) is 42.9. The highest BCUT2D eigenvalue weighted by molar-refractivity contribution is 6.25. The molecule has 1 aliphatic heterocycles. The molecule has 0 unspecified atom stereocenters. The summed E-state index contributed by atoms with van der Waals surface area (Å²) in [5.74, 6) is -36.3. The van der Waals surface area contributed by atoms with E-state index in [2.05, 4.69) is 19.9 Å². The topological polar surface area (TPSA) is 85.3 Å². The van der Waals surface area contributed by atoms with E-state index >= 15 is 52.7 Å². The van der Waals surface area contributed by atoms with Gasteiger partial charge in [0.15, 0.2) is 52.1 Å². The molecule has 6 heterocycles. The van der Waals surface area contributed by atoms with Crippen molar-refractivity contribution in [1.82, 2.24) is 24.9 Å². The van der Waals surface area contributed by atoms with E-state index in [1.165, 1.54) is 39.8 Å². The number of rotatable bonds is 7. The van der Waals surface area contributed by atoms with Gasteiger partial charge in [0.25, 0.3) is 0 Å². The number of alkyl halides is 2. The monoisotopic (exact) mass is 1170 g/mol. The maximum absolute atomic E-state index is 16.3. The summed E-state index contributed by atoms with van der Waals surface area (Å²) in [5.41, 5.74) is -7.41. The van der Waals surface area contributed by atoms with Gasteiger partial charge < -0.3 is 37.1 Å². The molecule has 10 bridgehead atoms. The van der Waals surface area contributed by atoms with Gasteiger partial charge in [-0.25, -0.2) is 48.9 Å². The molecule has 79 heavy (non-hydrogen) atoms. The average Bonchev–Trinajstić information content (AvgIpc) is 4.46. The second kappa shape index (κ2) is 22.3. The van der Waals surface area contributed by atoms with Crippen LogP contribution in [0, 0.1) is 121 Å². The zero-order chi connectivity index (χ0) is 56.5. The molecule has 24 heteroatoms. The second-order valence-corrected chi connectivity index (χ2v) is 18.2. The van der Waals surface area contributed by atoms with E-state index in [-0.39, 0.29) is 81.2 Å². The molecule has 0 fully saturated rings. The van der Waals surface area contributed by atoms with Crippen LogP contribution in [0.15, 0.2) is 66.7 Å². The van der Waals surface area contributed by atoms with E-state index in [4.69, 9.17) is 32.9 Å². The molecule has 0 saturated heterocycles. The summed E-state index contributed by atoms with van der Waals surface area (Å²) >= 11 is 10.1. The van der Waals surface area contributed by atoms with Crippen molar-refractivity contribution in [2.75, 3.05) is 11.8 Å². The van der Waals surface area contributed by atoms with Crippen molar-refractivity contribution in [3.05, 3.63) is 238 Å². The molecule has 9 aromatic rings. The summed E-state index contributed by atoms with van der Waals surface area (Å²) in [6, 6.07) is 15.1. The highest BCUT2D eigenvalue weighted by Gasteiger charge is 2.42. The minimum Gasteiger partial charge on any atom is -1.00 e. The Morgan fingerprint density at radius 3 is 1.46 bits per heavy atom. The molecule has 4 aromatic carbocycles. The molecule has 1 aliphatic rings. The number of H-pyrrole nitrogens is 4. The van der Waals surface area contributed by atoms with Gasteiger partial charge in [0, 0.05) is 50.8 Å². The van der Waals surface area contributed by atoms with Gasteiger partial charge in [0.1, 0.15) is 35.4 Å². The Morgan fingerprint density at radius 2 is 0.924 bits per heavy atom. The number of aromatic amines is 4. The summed E-state index contributed by atoms with van der Waals surface area (Å²) in [5, 5.41) is -1.33. The number of nitrogens with zero attached hydrogens (tertiary/aromatic N) is 1. The lowest BCUT2D eigenvalue weighted by atomic mass is 9.89. The second-order valence-electron chi connectivity index (χ2n) is 17.5. The molecule has 0 saturated carbocycles. The summed E-state index contributed by atoms with van der Waals surface area (Å²) in [6.45, 7) is 5.69. The summed E-state index contributed by atoms with van der Waals surface area (Å²) < 4.78 is 239. The van der Waals surface area contributed by atoms with E-state index in [0.717, 1.165) is 24.3 Å². The average molecular weight is 1170 g/mol. The van der Waals surface area contributed by atoms with Gasteiger partial charge in [-0.2, -0.15) is 22.0 Å². The molecule has 0 spiro atoms. The normalized spacial score (nSPS) is 13.5. The van der Waals surface area contributed by atoms with Gasteiger partial charge in [-0.1, -0.05) is 30.3 Å². The maximum atomic E-state index is 16.3. The predicted molar refractivity (Wildman–Crippen MR) is 258 cm³/mol. The van der Waals surface area contributed by atoms with Gasteiger partial charge in [0.05, 0.1) is 39.6 Å². The van der Waals surface area contributed by atoms with Crippen LogP contribution in [0.4, 0.5) is 65.9 Å². The SMILES string of the molecule is Cc1c2[nH]c(c1C)-c1nc(ccc1OCc1ccccc1)-c1[nH]c(c(C)c1C)[C+](c1c(F)c(F)c(F)c(F)c1F)c1ccc([nH]1)/C(c1c(F)c(F)c(F)c(F)c1F)=c1/cc/c([nH]1)=C/2c1c(F)c(F)c(F)c(F)c1F.ClCCCl.[Cl-]. The fourth-order valence-electron chi connectivity index (χ4n) is 9.03. The third-order valence-electron chi connectivity index (χ3n) is 13.1. The van der Waals surface area contributed by atoms with Crippen LogP contribution < -0.4 is 27.8 Å². The van der Waals surface area contributed by atoms with Gasteiger partial charge >= 0.3 is 0 Å². The number of hydrogen-bond donors (Lipinski definition) is 4. The minimum absolute atomic E-state index is 0. The molecule has 0 aliphatic carbocycles. The highest BCUT2D eigenvalue weighted by Crippen LogP contribution is 2.44. The van der Waals surface area contributed by atoms with Crippen molar-refractivity contribution in [1.29, 1.82) is 0 Å². The van der Waals surface area contributed by atoms with Crippen LogP contribution in [0.25, 0.3) is 33.9 Å². The number of hydrogen-bond acceptors (Lipinski definition) is 2. The van der Waals surface area contributed by atoms with E-state index in [0.29, 0.717) is 17.3 Å². The van der Waals surface area contributed by atoms with Gasteiger partial charge in [0.2, 0.25) is 40.7 Å². The smallest absolute Gasteiger partial charge is 0.239 e. The quantitative estimate of drug-likeness (QED) is 0.0421. The molecule has 10 rings (SSSR count). The Balaban J connectivity index is 0.00000159. The van der Waals surface area contributed by atoms with Crippen molar-refractivity contribution in [2.45, 2.75) is 34.3 Å². The van der Waals surface area contributed by atoms with Gasteiger partial charge in [-0.15, -0.1) is 23.2 Å². The van der Waals surface area contributed by atoms with Crippen LogP contribution in [0.3, 0.4) is 0 Å². The molecule has 6 nitrogen and oxygen atoms in total. The third-order valence-corrected chi connectivity index (χ3v) is 13.7. The number of halogens is 18. The number of benzene rings is 4. The number of aromatic nitrogens is 5. The zero-order valence-electron chi connectivity index (χ0n) is 40.6. The number of nitrogens with one attached hydrogen (secondary N) is 4. The minimum atomic E-state index is -2.61. The van der Waals surface area contributed by atoms with Gasteiger partial charge in [-0.05, 0) is 74.7 Å². The van der Waals surface area contributed by atoms with Crippen molar-refractivity contribution >= 4 is 34.3 Å². The van der Waals surface area contributed by atoms with Crippen LogP contribution in [0.2, 0.25) is 0 Å². The van der Waals surface area contributed by atoms with Crippen LogP contribution in [-0.2, 0) is 6.61 Å². The Morgan fingerprint density at radius 1 is 0.456 bits per heavy atom. The fraction of sp³-hybridized carbons (Fsp3) is 0.127. The van der Waals surface area contributed by atoms with E-state index in [1.807, 2.05) is 0 Å². The molecule has 5 aromatic heterocycles.